The van der Waals surface area contributed by atoms with Crippen molar-refractivity contribution in [1.82, 2.24) is 9.62 Å². The molecule has 2 amide bonds. The van der Waals surface area contributed by atoms with E-state index in [1.54, 1.807) is 4.90 Å². The molecule has 2 saturated heterocycles. The number of piperidine rings is 1. The molecule has 0 spiro atoms. The lowest BCUT2D eigenvalue weighted by Crippen LogP contribution is -2.58. The van der Waals surface area contributed by atoms with Crippen LogP contribution in [0.5, 0.6) is 0 Å². The zero-order chi connectivity index (χ0) is 9.47. The molecule has 2 rings (SSSR count). The number of nitrogens with zero attached hydrogens (tertiary/aromatic N) is 1. The highest BCUT2D eigenvalue weighted by Gasteiger charge is 2.36. The second-order valence-corrected chi connectivity index (χ2v) is 5.30. The van der Waals surface area contributed by atoms with Gasteiger partial charge in [0.05, 0.1) is 5.75 Å². The molecule has 6 heteroatoms. The van der Waals surface area contributed by atoms with Crippen molar-refractivity contribution in [2.75, 3.05) is 12.3 Å². The summed E-state index contributed by atoms with van der Waals surface area (Å²) in [6.45, 7) is 0.687. The Bertz CT molecular complexity index is 325. The molecular formula is C7H12N2O3S. The standard InChI is InChI=1S/C7H12N2O3S/c10-7-8-13(11,12)5-6-3-1-2-4-9(6)7/h6H,1-5H2,(H,8,10). The quantitative estimate of drug-likeness (QED) is 0.599. The summed E-state index contributed by atoms with van der Waals surface area (Å²) in [6, 6.07) is -0.538. The number of nitrogens with one attached hydrogen (secondary N) is 1. The summed E-state index contributed by atoms with van der Waals surface area (Å²) in [4.78, 5) is 12.9. The number of fused-ring (bicyclic) bond motifs is 1. The van der Waals surface area contributed by atoms with Gasteiger partial charge in [-0.2, -0.15) is 0 Å². The molecule has 2 heterocycles. The first-order valence-electron chi connectivity index (χ1n) is 4.39. The van der Waals surface area contributed by atoms with Gasteiger partial charge in [-0.3, -0.25) is 0 Å². The van der Waals surface area contributed by atoms with E-state index in [4.69, 9.17) is 0 Å². The van der Waals surface area contributed by atoms with Gasteiger partial charge in [-0.05, 0) is 19.3 Å². The van der Waals surface area contributed by atoms with E-state index in [9.17, 15) is 13.2 Å². The lowest BCUT2D eigenvalue weighted by Gasteiger charge is -2.38. The Morgan fingerprint density at radius 1 is 1.38 bits per heavy atom. The van der Waals surface area contributed by atoms with Crippen LogP contribution in [0, 0.1) is 0 Å². The topological polar surface area (TPSA) is 66.5 Å². The van der Waals surface area contributed by atoms with Gasteiger partial charge >= 0.3 is 6.03 Å². The minimum Gasteiger partial charge on any atom is -0.320 e. The van der Waals surface area contributed by atoms with Crippen LogP contribution in [0.25, 0.3) is 0 Å². The summed E-state index contributed by atoms with van der Waals surface area (Å²) < 4.78 is 24.3. The smallest absolute Gasteiger partial charge is 0.320 e. The predicted molar refractivity (Wildman–Crippen MR) is 46.7 cm³/mol. The van der Waals surface area contributed by atoms with E-state index in [1.807, 2.05) is 4.72 Å². The number of amides is 2. The fourth-order valence-electron chi connectivity index (χ4n) is 1.93. The lowest BCUT2D eigenvalue weighted by atomic mass is 10.0. The van der Waals surface area contributed by atoms with Crippen molar-refractivity contribution in [3.63, 3.8) is 0 Å². The molecule has 0 aliphatic carbocycles. The molecule has 0 aromatic heterocycles. The summed E-state index contributed by atoms with van der Waals surface area (Å²) in [5.74, 6) is 0.0682. The summed E-state index contributed by atoms with van der Waals surface area (Å²) in [6.07, 6.45) is 2.81. The van der Waals surface area contributed by atoms with Crippen molar-refractivity contribution in [1.29, 1.82) is 0 Å². The lowest BCUT2D eigenvalue weighted by molar-refractivity contribution is 0.159. The molecule has 2 aliphatic rings. The number of sulfonamides is 1. The molecule has 0 bridgehead atoms. The third kappa shape index (κ3) is 1.63. The van der Waals surface area contributed by atoms with Crippen LogP contribution in [0.15, 0.2) is 0 Å². The molecule has 0 aromatic rings. The Labute approximate surface area is 77.1 Å². The molecule has 5 nitrogen and oxygen atoms in total. The Balaban J connectivity index is 2.21. The van der Waals surface area contributed by atoms with Crippen molar-refractivity contribution in [2.45, 2.75) is 25.3 Å². The first-order valence-corrected chi connectivity index (χ1v) is 6.05. The van der Waals surface area contributed by atoms with Gasteiger partial charge in [0.2, 0.25) is 10.0 Å². The van der Waals surface area contributed by atoms with E-state index >= 15 is 0 Å². The van der Waals surface area contributed by atoms with E-state index < -0.39 is 16.1 Å². The Hall–Kier alpha value is -0.780. The number of hydrogen-bond donors (Lipinski definition) is 1. The van der Waals surface area contributed by atoms with Gasteiger partial charge in [-0.15, -0.1) is 0 Å². The van der Waals surface area contributed by atoms with Gasteiger partial charge < -0.3 is 4.90 Å². The van der Waals surface area contributed by atoms with E-state index in [-0.39, 0.29) is 11.8 Å². The highest BCUT2D eigenvalue weighted by molar-refractivity contribution is 7.90. The zero-order valence-corrected chi connectivity index (χ0v) is 8.01. The molecule has 2 fully saturated rings. The minimum absolute atomic E-state index is 0.0682. The predicted octanol–water partition coefficient (Wildman–Crippen LogP) is -0.106. The first-order chi connectivity index (χ1) is 6.08. The first kappa shape index (κ1) is 8.80. The molecule has 74 valence electrons. The van der Waals surface area contributed by atoms with Crippen molar-refractivity contribution in [2.24, 2.45) is 0 Å². The van der Waals surface area contributed by atoms with Crippen molar-refractivity contribution >= 4 is 16.1 Å². The normalized spacial score (nSPS) is 32.2. The summed E-state index contributed by atoms with van der Waals surface area (Å²) in [5.41, 5.74) is 0. The van der Waals surface area contributed by atoms with E-state index in [1.165, 1.54) is 0 Å². The van der Waals surface area contributed by atoms with Gasteiger partial charge in [0.1, 0.15) is 0 Å². The SMILES string of the molecule is O=C1NS(=O)(=O)CC2CCCCN12. The molecule has 2 aliphatic heterocycles. The maximum atomic E-state index is 11.3. The Kier molecular flexibility index (Phi) is 1.94. The van der Waals surface area contributed by atoms with E-state index in [2.05, 4.69) is 0 Å². The second-order valence-electron chi connectivity index (χ2n) is 3.53. The molecule has 13 heavy (non-hydrogen) atoms. The number of carbonyl (C=O) groups is 1. The summed E-state index contributed by atoms with van der Waals surface area (Å²) in [7, 11) is -3.34. The fraction of sp³-hybridized carbons (Fsp3) is 0.857. The van der Waals surface area contributed by atoms with Crippen LogP contribution in [-0.2, 0) is 10.0 Å². The van der Waals surface area contributed by atoms with Crippen LogP contribution in [0.3, 0.4) is 0 Å². The Morgan fingerprint density at radius 2 is 2.15 bits per heavy atom. The third-order valence-electron chi connectivity index (χ3n) is 2.54. The van der Waals surface area contributed by atoms with Crippen molar-refractivity contribution in [3.8, 4) is 0 Å². The maximum absolute atomic E-state index is 11.3. The zero-order valence-electron chi connectivity index (χ0n) is 7.19. The van der Waals surface area contributed by atoms with E-state index in [0.717, 1.165) is 19.3 Å². The van der Waals surface area contributed by atoms with Gasteiger partial charge in [-0.1, -0.05) is 0 Å². The highest BCUT2D eigenvalue weighted by atomic mass is 32.2. The van der Waals surface area contributed by atoms with Gasteiger partial charge in [0, 0.05) is 12.6 Å². The van der Waals surface area contributed by atoms with Crippen LogP contribution in [0.2, 0.25) is 0 Å². The molecule has 0 radical (unpaired) electrons. The van der Waals surface area contributed by atoms with Crippen LogP contribution < -0.4 is 4.72 Å². The Morgan fingerprint density at radius 3 is 2.92 bits per heavy atom. The largest absolute Gasteiger partial charge is 0.331 e. The van der Waals surface area contributed by atoms with Gasteiger partial charge in [0.15, 0.2) is 0 Å². The second kappa shape index (κ2) is 2.87. The minimum atomic E-state index is -3.34. The van der Waals surface area contributed by atoms with Crippen LogP contribution >= 0.6 is 0 Å². The molecule has 1 atom stereocenters. The number of rotatable bonds is 0. The van der Waals surface area contributed by atoms with E-state index in [0.29, 0.717) is 6.54 Å². The molecule has 1 unspecified atom stereocenters. The van der Waals surface area contributed by atoms with Crippen LogP contribution in [0.1, 0.15) is 19.3 Å². The van der Waals surface area contributed by atoms with Crippen molar-refractivity contribution < 1.29 is 13.2 Å². The van der Waals surface area contributed by atoms with Crippen LogP contribution in [-0.4, -0.2) is 37.7 Å². The van der Waals surface area contributed by atoms with Crippen LogP contribution in [0.4, 0.5) is 4.79 Å². The maximum Gasteiger partial charge on any atom is 0.331 e. The van der Waals surface area contributed by atoms with Gasteiger partial charge in [-0.25, -0.2) is 17.9 Å². The average molecular weight is 204 g/mol. The molecule has 0 saturated carbocycles. The van der Waals surface area contributed by atoms with Gasteiger partial charge in [0.25, 0.3) is 0 Å². The van der Waals surface area contributed by atoms with Crippen molar-refractivity contribution in [3.05, 3.63) is 0 Å². The fourth-order valence-corrected chi connectivity index (χ4v) is 3.25. The molecule has 0 aromatic carbocycles. The third-order valence-corrected chi connectivity index (χ3v) is 3.85. The number of urea groups is 1. The molecular weight excluding hydrogens is 192 g/mol. The number of carbonyl (C=O) groups excluding carboxylic acids is 1. The molecule has 1 N–H and O–H groups in total. The highest BCUT2D eigenvalue weighted by Crippen LogP contribution is 2.21. The summed E-state index contributed by atoms with van der Waals surface area (Å²) >= 11 is 0. The average Bonchev–Trinajstić information content (AvgIpc) is 2.02. The summed E-state index contributed by atoms with van der Waals surface area (Å²) in [5, 5.41) is 0. The number of hydrogen-bond acceptors (Lipinski definition) is 3. The monoisotopic (exact) mass is 204 g/mol.